The summed E-state index contributed by atoms with van der Waals surface area (Å²) in [6.45, 7) is 7.29. The van der Waals surface area contributed by atoms with Crippen molar-refractivity contribution in [2.24, 2.45) is 10.7 Å². The fourth-order valence-electron chi connectivity index (χ4n) is 2.03. The summed E-state index contributed by atoms with van der Waals surface area (Å²) in [6, 6.07) is 4.30. The Bertz CT molecular complexity index is 641. The minimum atomic E-state index is -0.471. The van der Waals surface area contributed by atoms with E-state index in [9.17, 15) is 4.39 Å². The molecule has 1 aromatic carbocycles. The number of benzene rings is 1. The summed E-state index contributed by atoms with van der Waals surface area (Å²) in [5, 5.41) is 6.23. The molecule has 0 radical (unpaired) electrons. The maximum absolute atomic E-state index is 13.1. The zero-order valence-corrected chi connectivity index (χ0v) is 14.8. The molecule has 1 aliphatic rings. The first-order chi connectivity index (χ1) is 11.0. The molecule has 0 spiro atoms. The normalized spacial score (nSPS) is 16.4. The Morgan fingerprint density at radius 3 is 2.83 bits per heavy atom. The van der Waals surface area contributed by atoms with E-state index < -0.39 is 5.82 Å². The molecule has 0 aromatic heterocycles. The van der Waals surface area contributed by atoms with Crippen LogP contribution in [0.3, 0.4) is 0 Å². The molecule has 23 heavy (non-hydrogen) atoms. The third kappa shape index (κ3) is 5.23. The van der Waals surface area contributed by atoms with Crippen LogP contribution >= 0.6 is 27.5 Å². The molecule has 0 saturated carbocycles. The van der Waals surface area contributed by atoms with Gasteiger partial charge in [0.25, 0.3) is 0 Å². The first kappa shape index (κ1) is 17.8. The van der Waals surface area contributed by atoms with Crippen LogP contribution in [-0.4, -0.2) is 37.3 Å². The predicted octanol–water partition coefficient (Wildman–Crippen LogP) is 2.86. The van der Waals surface area contributed by atoms with Crippen LogP contribution in [0.25, 0.3) is 0 Å². The lowest BCUT2D eigenvalue weighted by Crippen LogP contribution is -2.44. The Labute approximate surface area is 148 Å². The summed E-state index contributed by atoms with van der Waals surface area (Å²) in [6.07, 6.45) is 1.58. The van der Waals surface area contributed by atoms with Crippen molar-refractivity contribution in [2.75, 3.05) is 31.5 Å². The molecule has 0 amide bonds. The quantitative estimate of drug-likeness (QED) is 0.663. The second kappa shape index (κ2) is 8.33. The van der Waals surface area contributed by atoms with Crippen LogP contribution in [0.4, 0.5) is 10.1 Å². The van der Waals surface area contributed by atoms with Crippen LogP contribution in [0.5, 0.6) is 0 Å². The van der Waals surface area contributed by atoms with Gasteiger partial charge in [-0.2, -0.15) is 0 Å². The van der Waals surface area contributed by atoms with Crippen molar-refractivity contribution in [3.05, 3.63) is 51.7 Å². The number of aliphatic imine (C=N–C) groups is 1. The SMILES string of the molecule is C=C(/N=C\C(Br)=C(/N)N1CCNCC1)Nc1ccc(F)c(Cl)c1. The Balaban J connectivity index is 1.97. The van der Waals surface area contributed by atoms with E-state index in [-0.39, 0.29) is 5.02 Å². The maximum Gasteiger partial charge on any atom is 0.141 e. The summed E-state index contributed by atoms with van der Waals surface area (Å²) in [5.74, 6) is 0.548. The van der Waals surface area contributed by atoms with Crippen molar-refractivity contribution in [3.8, 4) is 0 Å². The van der Waals surface area contributed by atoms with Crippen molar-refractivity contribution in [1.29, 1.82) is 0 Å². The zero-order valence-electron chi connectivity index (χ0n) is 12.5. The van der Waals surface area contributed by atoms with E-state index in [1.807, 2.05) is 0 Å². The molecule has 0 atom stereocenters. The molecule has 5 nitrogen and oxygen atoms in total. The molecule has 1 saturated heterocycles. The van der Waals surface area contributed by atoms with E-state index in [1.165, 1.54) is 12.1 Å². The van der Waals surface area contributed by atoms with Gasteiger partial charge in [-0.15, -0.1) is 0 Å². The van der Waals surface area contributed by atoms with Gasteiger partial charge in [0.2, 0.25) is 0 Å². The number of hydrogen-bond acceptors (Lipinski definition) is 5. The Kier molecular flexibility index (Phi) is 6.44. The third-order valence-electron chi connectivity index (χ3n) is 3.24. The average molecular weight is 403 g/mol. The topological polar surface area (TPSA) is 65.7 Å². The summed E-state index contributed by atoms with van der Waals surface area (Å²) >= 11 is 9.14. The highest BCUT2D eigenvalue weighted by atomic mass is 79.9. The van der Waals surface area contributed by atoms with E-state index in [0.717, 1.165) is 26.2 Å². The van der Waals surface area contributed by atoms with Crippen molar-refractivity contribution in [2.45, 2.75) is 0 Å². The monoisotopic (exact) mass is 401 g/mol. The van der Waals surface area contributed by atoms with Gasteiger partial charge in [0.1, 0.15) is 17.5 Å². The zero-order chi connectivity index (χ0) is 16.8. The molecule has 0 aliphatic carbocycles. The molecule has 4 N–H and O–H groups in total. The number of rotatable bonds is 5. The minimum absolute atomic E-state index is 0.0378. The van der Waals surface area contributed by atoms with Crippen LogP contribution in [0.15, 0.2) is 45.9 Å². The Morgan fingerprint density at radius 2 is 2.17 bits per heavy atom. The summed E-state index contributed by atoms with van der Waals surface area (Å²) in [4.78, 5) is 6.26. The lowest BCUT2D eigenvalue weighted by atomic mass is 10.3. The van der Waals surface area contributed by atoms with E-state index in [4.69, 9.17) is 17.3 Å². The lowest BCUT2D eigenvalue weighted by Gasteiger charge is -2.29. The number of hydrogen-bond donors (Lipinski definition) is 3. The van der Waals surface area contributed by atoms with Gasteiger partial charge in [-0.05, 0) is 34.1 Å². The van der Waals surface area contributed by atoms with Crippen molar-refractivity contribution in [1.82, 2.24) is 10.2 Å². The Hall–Kier alpha value is -1.57. The van der Waals surface area contributed by atoms with Gasteiger partial charge in [0, 0.05) is 38.1 Å². The van der Waals surface area contributed by atoms with Crippen molar-refractivity contribution < 1.29 is 4.39 Å². The van der Waals surface area contributed by atoms with E-state index in [2.05, 4.69) is 43.0 Å². The number of halogens is 3. The summed E-state index contributed by atoms with van der Waals surface area (Å²) < 4.78 is 13.8. The van der Waals surface area contributed by atoms with Crippen molar-refractivity contribution in [3.63, 3.8) is 0 Å². The highest BCUT2D eigenvalue weighted by molar-refractivity contribution is 9.12. The number of nitrogens with two attached hydrogens (primary N) is 1. The molecule has 1 heterocycles. The van der Waals surface area contributed by atoms with Crippen LogP contribution in [0, 0.1) is 5.82 Å². The molecule has 0 unspecified atom stereocenters. The molecule has 1 aliphatic heterocycles. The molecular formula is C15H18BrClFN5. The van der Waals surface area contributed by atoms with Gasteiger partial charge in [0.05, 0.1) is 9.51 Å². The third-order valence-corrected chi connectivity index (χ3v) is 4.14. The van der Waals surface area contributed by atoms with Gasteiger partial charge < -0.3 is 21.3 Å². The van der Waals surface area contributed by atoms with E-state index >= 15 is 0 Å². The smallest absolute Gasteiger partial charge is 0.141 e. The number of nitrogens with one attached hydrogen (secondary N) is 2. The van der Waals surface area contributed by atoms with Crippen LogP contribution in [-0.2, 0) is 0 Å². The molecule has 8 heteroatoms. The van der Waals surface area contributed by atoms with Gasteiger partial charge in [0.15, 0.2) is 0 Å². The fraction of sp³-hybridized carbons (Fsp3) is 0.267. The molecule has 2 rings (SSSR count). The highest BCUT2D eigenvalue weighted by Crippen LogP contribution is 2.20. The van der Waals surface area contributed by atoms with Crippen molar-refractivity contribution >= 4 is 39.4 Å². The summed E-state index contributed by atoms with van der Waals surface area (Å²) in [7, 11) is 0. The van der Waals surface area contributed by atoms with Gasteiger partial charge in [-0.25, -0.2) is 9.38 Å². The number of allylic oxidation sites excluding steroid dienone is 1. The van der Waals surface area contributed by atoms with E-state index in [0.29, 0.717) is 21.8 Å². The fourth-order valence-corrected chi connectivity index (χ4v) is 2.56. The second-order valence-corrected chi connectivity index (χ2v) is 6.19. The molecule has 124 valence electrons. The van der Waals surface area contributed by atoms with Crippen LogP contribution < -0.4 is 16.4 Å². The minimum Gasteiger partial charge on any atom is -0.384 e. The number of anilines is 1. The molecule has 0 bridgehead atoms. The number of piperazine rings is 1. The van der Waals surface area contributed by atoms with Crippen LogP contribution in [0.2, 0.25) is 5.02 Å². The standard InChI is InChI=1S/C15H18BrClFN5/c1-10(22-11-2-3-14(18)13(17)8-11)21-9-12(16)15(19)23-6-4-20-5-7-23/h2-3,8-9,20,22H,1,4-7,19H2/b15-12-,21-9-. The molecule has 1 aromatic rings. The van der Waals surface area contributed by atoms with Gasteiger partial charge >= 0.3 is 0 Å². The van der Waals surface area contributed by atoms with Crippen LogP contribution in [0.1, 0.15) is 0 Å². The molecular weight excluding hydrogens is 385 g/mol. The average Bonchev–Trinajstić information content (AvgIpc) is 2.56. The van der Waals surface area contributed by atoms with E-state index in [1.54, 1.807) is 12.3 Å². The Morgan fingerprint density at radius 1 is 1.48 bits per heavy atom. The van der Waals surface area contributed by atoms with Gasteiger partial charge in [-0.1, -0.05) is 18.2 Å². The molecule has 1 fully saturated rings. The second-order valence-electron chi connectivity index (χ2n) is 4.93. The highest BCUT2D eigenvalue weighted by Gasteiger charge is 2.12. The first-order valence-electron chi connectivity index (χ1n) is 7.03. The summed E-state index contributed by atoms with van der Waals surface area (Å²) in [5.41, 5.74) is 6.70. The predicted molar refractivity (Wildman–Crippen MR) is 97.2 cm³/mol. The largest absolute Gasteiger partial charge is 0.384 e. The van der Waals surface area contributed by atoms with Gasteiger partial charge in [-0.3, -0.25) is 0 Å². The first-order valence-corrected chi connectivity index (χ1v) is 8.20. The number of nitrogens with zero attached hydrogens (tertiary/aromatic N) is 2. The lowest BCUT2D eigenvalue weighted by molar-refractivity contribution is 0.296. The maximum atomic E-state index is 13.1.